The molecule has 0 aromatic heterocycles. The van der Waals surface area contributed by atoms with Crippen molar-refractivity contribution in [3.8, 4) is 0 Å². The topological polar surface area (TPSA) is 29.5 Å². The highest BCUT2D eigenvalue weighted by molar-refractivity contribution is 4.79. The summed E-state index contributed by atoms with van der Waals surface area (Å²) in [5.41, 5.74) is 0. The molecule has 1 aliphatic carbocycles. The van der Waals surface area contributed by atoms with Gasteiger partial charge in [-0.3, -0.25) is 0 Å². The minimum Gasteiger partial charge on any atom is -0.393 e. The summed E-state index contributed by atoms with van der Waals surface area (Å²) < 4.78 is 30.8. The van der Waals surface area contributed by atoms with Gasteiger partial charge in [0.25, 0.3) is 0 Å². The largest absolute Gasteiger partial charge is 0.393 e. The van der Waals surface area contributed by atoms with Crippen molar-refractivity contribution >= 4 is 0 Å². The minimum atomic E-state index is -2.54. The van der Waals surface area contributed by atoms with Crippen LogP contribution in [-0.4, -0.2) is 29.8 Å². The fraction of sp³-hybridized carbons (Fsp3) is 1.00. The average molecular weight is 208 g/mol. The van der Waals surface area contributed by atoms with Crippen LogP contribution in [0.3, 0.4) is 0 Å². The van der Waals surface area contributed by atoms with Gasteiger partial charge in [0, 0.05) is 19.4 Å². The van der Waals surface area contributed by atoms with Crippen molar-refractivity contribution in [1.82, 2.24) is 0 Å². The summed E-state index contributed by atoms with van der Waals surface area (Å²) in [6.07, 6.45) is 1.37. The van der Waals surface area contributed by atoms with Crippen LogP contribution in [0.1, 0.15) is 39.0 Å². The first-order valence-corrected chi connectivity index (χ1v) is 5.21. The molecular weight excluding hydrogens is 190 g/mol. The van der Waals surface area contributed by atoms with Gasteiger partial charge in [-0.2, -0.15) is 0 Å². The molecule has 14 heavy (non-hydrogen) atoms. The van der Waals surface area contributed by atoms with Crippen LogP contribution < -0.4 is 0 Å². The standard InChI is InChI=1S/C10H18F2O2/c1-2-10(11,12)4-3-5-14-9-6-8(13)7-9/h8-9,13H,2-7H2,1H3. The second-order valence-electron chi connectivity index (χ2n) is 3.93. The van der Waals surface area contributed by atoms with Crippen LogP contribution in [0.25, 0.3) is 0 Å². The van der Waals surface area contributed by atoms with E-state index >= 15 is 0 Å². The summed E-state index contributed by atoms with van der Waals surface area (Å²) in [6.45, 7) is 1.87. The molecule has 84 valence electrons. The van der Waals surface area contributed by atoms with E-state index in [0.717, 1.165) is 0 Å². The molecule has 1 fully saturated rings. The molecule has 0 saturated heterocycles. The highest BCUT2D eigenvalue weighted by Gasteiger charge is 2.29. The van der Waals surface area contributed by atoms with E-state index in [1.807, 2.05) is 0 Å². The number of aliphatic hydroxyl groups excluding tert-OH is 1. The van der Waals surface area contributed by atoms with Crippen LogP contribution >= 0.6 is 0 Å². The maximum absolute atomic E-state index is 12.7. The summed E-state index contributed by atoms with van der Waals surface area (Å²) in [7, 11) is 0. The Morgan fingerprint density at radius 1 is 1.43 bits per heavy atom. The molecule has 0 bridgehead atoms. The molecule has 2 nitrogen and oxygen atoms in total. The Bertz CT molecular complexity index is 168. The van der Waals surface area contributed by atoms with Gasteiger partial charge in [-0.05, 0) is 19.3 Å². The summed E-state index contributed by atoms with van der Waals surface area (Å²) >= 11 is 0. The zero-order valence-electron chi connectivity index (χ0n) is 8.51. The van der Waals surface area contributed by atoms with E-state index < -0.39 is 5.92 Å². The van der Waals surface area contributed by atoms with Crippen molar-refractivity contribution in [3.05, 3.63) is 0 Å². The van der Waals surface area contributed by atoms with Gasteiger partial charge in [0.05, 0.1) is 12.2 Å². The molecule has 0 atom stereocenters. The van der Waals surface area contributed by atoms with Crippen molar-refractivity contribution in [3.63, 3.8) is 0 Å². The Morgan fingerprint density at radius 3 is 2.57 bits per heavy atom. The smallest absolute Gasteiger partial charge is 0.248 e. The van der Waals surface area contributed by atoms with Gasteiger partial charge in [-0.25, -0.2) is 8.78 Å². The molecule has 4 heteroatoms. The fourth-order valence-corrected chi connectivity index (χ4v) is 1.43. The van der Waals surface area contributed by atoms with Gasteiger partial charge in [-0.15, -0.1) is 0 Å². The van der Waals surface area contributed by atoms with Crippen molar-refractivity contribution in [2.24, 2.45) is 0 Å². The quantitative estimate of drug-likeness (QED) is 0.679. The zero-order chi connectivity index (χ0) is 10.6. The number of alkyl halides is 2. The van der Waals surface area contributed by atoms with Crippen LogP contribution in [0.2, 0.25) is 0 Å². The molecule has 0 aromatic rings. The number of hydrogen-bond donors (Lipinski definition) is 1. The Morgan fingerprint density at radius 2 is 2.07 bits per heavy atom. The van der Waals surface area contributed by atoms with E-state index in [-0.39, 0.29) is 25.0 Å². The van der Waals surface area contributed by atoms with Crippen LogP contribution in [0, 0.1) is 0 Å². The van der Waals surface area contributed by atoms with E-state index in [2.05, 4.69) is 0 Å². The van der Waals surface area contributed by atoms with Gasteiger partial charge >= 0.3 is 0 Å². The summed E-state index contributed by atoms with van der Waals surface area (Å²) in [5, 5.41) is 8.94. The number of ether oxygens (including phenoxy) is 1. The maximum atomic E-state index is 12.7. The lowest BCUT2D eigenvalue weighted by molar-refractivity contribution is -0.0792. The molecular formula is C10H18F2O2. The third kappa shape index (κ3) is 3.88. The first-order valence-electron chi connectivity index (χ1n) is 5.21. The highest BCUT2D eigenvalue weighted by atomic mass is 19.3. The molecule has 1 saturated carbocycles. The number of rotatable bonds is 6. The molecule has 0 aliphatic heterocycles. The zero-order valence-corrected chi connectivity index (χ0v) is 8.51. The van der Waals surface area contributed by atoms with Gasteiger partial charge in [0.1, 0.15) is 0 Å². The minimum absolute atomic E-state index is 0.0975. The van der Waals surface area contributed by atoms with Crippen molar-refractivity contribution < 1.29 is 18.6 Å². The molecule has 1 aliphatic rings. The van der Waals surface area contributed by atoms with Crippen molar-refractivity contribution in [1.29, 1.82) is 0 Å². The average Bonchev–Trinajstić information content (AvgIpc) is 2.09. The Labute approximate surface area is 83.3 Å². The third-order valence-corrected chi connectivity index (χ3v) is 2.63. The molecule has 1 N–H and O–H groups in total. The van der Waals surface area contributed by atoms with Crippen LogP contribution in [0.4, 0.5) is 8.78 Å². The number of aliphatic hydroxyl groups is 1. The summed E-state index contributed by atoms with van der Waals surface area (Å²) in [4.78, 5) is 0. The number of hydrogen-bond acceptors (Lipinski definition) is 2. The summed E-state index contributed by atoms with van der Waals surface area (Å²) in [5.74, 6) is -2.54. The normalized spacial score (nSPS) is 27.4. The van der Waals surface area contributed by atoms with E-state index in [1.54, 1.807) is 0 Å². The lowest BCUT2D eigenvalue weighted by Gasteiger charge is -2.31. The molecule has 0 unspecified atom stereocenters. The molecule has 0 heterocycles. The van der Waals surface area contributed by atoms with E-state index in [0.29, 0.717) is 25.9 Å². The Kier molecular flexibility index (Phi) is 4.26. The monoisotopic (exact) mass is 208 g/mol. The predicted molar refractivity (Wildman–Crippen MR) is 49.5 cm³/mol. The first kappa shape index (κ1) is 11.9. The second-order valence-corrected chi connectivity index (χ2v) is 3.93. The first-order chi connectivity index (χ1) is 6.53. The van der Waals surface area contributed by atoms with Crippen molar-refractivity contribution in [2.75, 3.05) is 6.61 Å². The molecule has 0 aromatic carbocycles. The fourth-order valence-electron chi connectivity index (χ4n) is 1.43. The van der Waals surface area contributed by atoms with Gasteiger partial charge < -0.3 is 9.84 Å². The number of halogens is 2. The third-order valence-electron chi connectivity index (χ3n) is 2.63. The second kappa shape index (κ2) is 5.03. The van der Waals surface area contributed by atoms with Crippen LogP contribution in [0.15, 0.2) is 0 Å². The Hall–Kier alpha value is -0.220. The van der Waals surface area contributed by atoms with E-state index in [4.69, 9.17) is 9.84 Å². The highest BCUT2D eigenvalue weighted by Crippen LogP contribution is 2.26. The Balaban J connectivity index is 1.94. The molecule has 0 amide bonds. The SMILES string of the molecule is CCC(F)(F)CCCOC1CC(O)C1. The van der Waals surface area contributed by atoms with E-state index in [9.17, 15) is 8.78 Å². The van der Waals surface area contributed by atoms with Gasteiger partial charge in [0.2, 0.25) is 5.92 Å². The lowest BCUT2D eigenvalue weighted by atomic mass is 9.92. The van der Waals surface area contributed by atoms with E-state index in [1.165, 1.54) is 6.92 Å². The van der Waals surface area contributed by atoms with Gasteiger partial charge in [0.15, 0.2) is 0 Å². The predicted octanol–water partition coefficient (Wildman–Crippen LogP) is 2.35. The van der Waals surface area contributed by atoms with Crippen LogP contribution in [0.5, 0.6) is 0 Å². The molecule has 1 rings (SSSR count). The van der Waals surface area contributed by atoms with Crippen LogP contribution in [-0.2, 0) is 4.74 Å². The van der Waals surface area contributed by atoms with Gasteiger partial charge in [-0.1, -0.05) is 6.92 Å². The maximum Gasteiger partial charge on any atom is 0.248 e. The molecule has 0 radical (unpaired) electrons. The molecule has 0 spiro atoms. The summed E-state index contributed by atoms with van der Waals surface area (Å²) in [6, 6.07) is 0. The lowest BCUT2D eigenvalue weighted by Crippen LogP contribution is -2.35. The van der Waals surface area contributed by atoms with Crippen molar-refractivity contribution in [2.45, 2.75) is 57.2 Å².